The van der Waals surface area contributed by atoms with Crippen molar-refractivity contribution < 1.29 is 4.74 Å². The summed E-state index contributed by atoms with van der Waals surface area (Å²) < 4.78 is 5.79. The summed E-state index contributed by atoms with van der Waals surface area (Å²) in [6, 6.07) is 8.28. The SMILES string of the molecule is CCOc1ccccc1N1CCN(c2ncnc(N3CCCCC3)n2)CC1. The van der Waals surface area contributed by atoms with Crippen molar-refractivity contribution in [2.45, 2.75) is 26.2 Å². The van der Waals surface area contributed by atoms with Crippen molar-refractivity contribution in [3.63, 3.8) is 0 Å². The Hall–Kier alpha value is -2.57. The summed E-state index contributed by atoms with van der Waals surface area (Å²) in [5.41, 5.74) is 1.17. The summed E-state index contributed by atoms with van der Waals surface area (Å²) in [5, 5.41) is 0. The Bertz CT molecular complexity index is 741. The average molecular weight is 368 g/mol. The van der Waals surface area contributed by atoms with Crippen LogP contribution in [0.1, 0.15) is 26.2 Å². The Kier molecular flexibility index (Phi) is 5.55. The number of anilines is 3. The molecule has 0 saturated carbocycles. The Morgan fingerprint density at radius 3 is 2.15 bits per heavy atom. The molecule has 2 aliphatic rings. The maximum Gasteiger partial charge on any atom is 0.230 e. The molecule has 0 unspecified atom stereocenters. The fraction of sp³-hybridized carbons (Fsp3) is 0.550. The molecule has 1 aromatic heterocycles. The average Bonchev–Trinajstić information content (AvgIpc) is 2.75. The van der Waals surface area contributed by atoms with Gasteiger partial charge in [-0.3, -0.25) is 0 Å². The molecule has 7 heteroatoms. The quantitative estimate of drug-likeness (QED) is 0.804. The van der Waals surface area contributed by atoms with Crippen LogP contribution in [-0.4, -0.2) is 60.8 Å². The zero-order valence-corrected chi connectivity index (χ0v) is 16.0. The first-order valence-corrected chi connectivity index (χ1v) is 10.0. The summed E-state index contributed by atoms with van der Waals surface area (Å²) in [7, 11) is 0. The number of piperazine rings is 1. The maximum atomic E-state index is 5.79. The highest BCUT2D eigenvalue weighted by Crippen LogP contribution is 2.29. The predicted molar refractivity (Wildman–Crippen MR) is 108 cm³/mol. The molecule has 0 bridgehead atoms. The molecule has 2 saturated heterocycles. The summed E-state index contributed by atoms with van der Waals surface area (Å²) >= 11 is 0. The second kappa shape index (κ2) is 8.41. The first-order chi connectivity index (χ1) is 13.3. The van der Waals surface area contributed by atoms with Gasteiger partial charge in [0.1, 0.15) is 12.1 Å². The number of aromatic nitrogens is 3. The van der Waals surface area contributed by atoms with Crippen LogP contribution in [0.25, 0.3) is 0 Å². The van der Waals surface area contributed by atoms with Crippen LogP contribution in [-0.2, 0) is 0 Å². The molecule has 27 heavy (non-hydrogen) atoms. The molecule has 3 heterocycles. The van der Waals surface area contributed by atoms with Gasteiger partial charge >= 0.3 is 0 Å². The van der Waals surface area contributed by atoms with E-state index in [0.29, 0.717) is 6.61 Å². The molecule has 2 fully saturated rings. The van der Waals surface area contributed by atoms with E-state index in [1.165, 1.54) is 24.9 Å². The second-order valence-electron chi connectivity index (χ2n) is 7.01. The van der Waals surface area contributed by atoms with Crippen LogP contribution in [0.4, 0.5) is 17.6 Å². The van der Waals surface area contributed by atoms with Crippen LogP contribution in [0.5, 0.6) is 5.75 Å². The third kappa shape index (κ3) is 4.07. The zero-order chi connectivity index (χ0) is 18.5. The molecule has 0 spiro atoms. The van der Waals surface area contributed by atoms with Gasteiger partial charge in [-0.25, -0.2) is 9.97 Å². The Balaban J connectivity index is 1.42. The normalized spacial score (nSPS) is 17.9. The number of ether oxygens (including phenoxy) is 1. The van der Waals surface area contributed by atoms with E-state index in [1.54, 1.807) is 6.33 Å². The number of nitrogens with zero attached hydrogens (tertiary/aromatic N) is 6. The first-order valence-electron chi connectivity index (χ1n) is 10.0. The minimum Gasteiger partial charge on any atom is -0.492 e. The van der Waals surface area contributed by atoms with E-state index >= 15 is 0 Å². The number of piperidine rings is 1. The van der Waals surface area contributed by atoms with Gasteiger partial charge in [0, 0.05) is 39.3 Å². The van der Waals surface area contributed by atoms with E-state index in [9.17, 15) is 0 Å². The molecule has 4 rings (SSSR count). The van der Waals surface area contributed by atoms with E-state index in [1.807, 2.05) is 19.1 Å². The van der Waals surface area contributed by atoms with Gasteiger partial charge in [-0.15, -0.1) is 0 Å². The van der Waals surface area contributed by atoms with Crippen molar-refractivity contribution in [2.24, 2.45) is 0 Å². The van der Waals surface area contributed by atoms with Crippen molar-refractivity contribution in [3.05, 3.63) is 30.6 Å². The standard InChI is InChI=1S/C20H28N6O/c1-2-27-18-9-5-4-8-17(18)24-12-14-26(15-13-24)20-22-16-21-19(23-20)25-10-6-3-7-11-25/h4-5,8-9,16H,2-3,6-7,10-15H2,1H3. The molecule has 0 aliphatic carbocycles. The Morgan fingerprint density at radius 1 is 0.815 bits per heavy atom. The van der Waals surface area contributed by atoms with Gasteiger partial charge in [0.2, 0.25) is 11.9 Å². The topological polar surface area (TPSA) is 57.6 Å². The molecule has 144 valence electrons. The molecule has 0 atom stereocenters. The highest BCUT2D eigenvalue weighted by molar-refractivity contribution is 5.59. The van der Waals surface area contributed by atoms with Crippen LogP contribution in [0.3, 0.4) is 0 Å². The Morgan fingerprint density at radius 2 is 1.44 bits per heavy atom. The van der Waals surface area contributed by atoms with Crippen molar-refractivity contribution >= 4 is 17.6 Å². The lowest BCUT2D eigenvalue weighted by Crippen LogP contribution is -2.47. The molecule has 2 aliphatic heterocycles. The monoisotopic (exact) mass is 368 g/mol. The third-order valence-corrected chi connectivity index (χ3v) is 5.25. The number of hydrogen-bond donors (Lipinski definition) is 0. The van der Waals surface area contributed by atoms with Gasteiger partial charge in [-0.05, 0) is 38.3 Å². The lowest BCUT2D eigenvalue weighted by atomic mass is 10.1. The molecule has 7 nitrogen and oxygen atoms in total. The Labute approximate surface area is 161 Å². The molecule has 0 radical (unpaired) electrons. The summed E-state index contributed by atoms with van der Waals surface area (Å²) in [6.07, 6.45) is 5.40. The van der Waals surface area contributed by atoms with Gasteiger partial charge < -0.3 is 19.4 Å². The minimum atomic E-state index is 0.682. The lowest BCUT2D eigenvalue weighted by Gasteiger charge is -2.37. The van der Waals surface area contributed by atoms with Crippen molar-refractivity contribution in [1.82, 2.24) is 15.0 Å². The first kappa shape index (κ1) is 17.8. The van der Waals surface area contributed by atoms with Crippen molar-refractivity contribution in [3.8, 4) is 5.75 Å². The minimum absolute atomic E-state index is 0.682. The van der Waals surface area contributed by atoms with Crippen LogP contribution >= 0.6 is 0 Å². The predicted octanol–water partition coefficient (Wildman–Crippen LogP) is 2.59. The van der Waals surface area contributed by atoms with Gasteiger partial charge in [-0.1, -0.05) is 12.1 Å². The van der Waals surface area contributed by atoms with E-state index in [2.05, 4.69) is 36.8 Å². The van der Waals surface area contributed by atoms with Crippen LogP contribution in [0.15, 0.2) is 30.6 Å². The fourth-order valence-electron chi connectivity index (χ4n) is 3.82. The molecule has 1 aromatic carbocycles. The molecular formula is C20H28N6O. The van der Waals surface area contributed by atoms with Crippen LogP contribution in [0.2, 0.25) is 0 Å². The summed E-state index contributed by atoms with van der Waals surface area (Å²) in [4.78, 5) is 20.5. The van der Waals surface area contributed by atoms with Crippen molar-refractivity contribution in [1.29, 1.82) is 0 Å². The van der Waals surface area contributed by atoms with Gasteiger partial charge in [0.15, 0.2) is 0 Å². The number of para-hydroxylation sites is 2. The number of benzene rings is 1. The molecular weight excluding hydrogens is 340 g/mol. The maximum absolute atomic E-state index is 5.79. The van der Waals surface area contributed by atoms with Gasteiger partial charge in [0.25, 0.3) is 0 Å². The van der Waals surface area contributed by atoms with E-state index in [4.69, 9.17) is 9.72 Å². The van der Waals surface area contributed by atoms with Gasteiger partial charge in [0.05, 0.1) is 12.3 Å². The highest BCUT2D eigenvalue weighted by atomic mass is 16.5. The van der Waals surface area contributed by atoms with E-state index in [0.717, 1.165) is 56.9 Å². The zero-order valence-electron chi connectivity index (χ0n) is 16.0. The van der Waals surface area contributed by atoms with E-state index < -0.39 is 0 Å². The van der Waals surface area contributed by atoms with Crippen molar-refractivity contribution in [2.75, 3.05) is 60.6 Å². The third-order valence-electron chi connectivity index (χ3n) is 5.25. The highest BCUT2D eigenvalue weighted by Gasteiger charge is 2.22. The number of hydrogen-bond acceptors (Lipinski definition) is 7. The molecule has 0 amide bonds. The van der Waals surface area contributed by atoms with Crippen LogP contribution in [0, 0.1) is 0 Å². The van der Waals surface area contributed by atoms with E-state index in [-0.39, 0.29) is 0 Å². The number of rotatable bonds is 5. The van der Waals surface area contributed by atoms with Crippen LogP contribution < -0.4 is 19.4 Å². The molecule has 0 N–H and O–H groups in total. The summed E-state index contributed by atoms with van der Waals surface area (Å²) in [6.45, 7) is 8.44. The lowest BCUT2D eigenvalue weighted by molar-refractivity contribution is 0.340. The largest absolute Gasteiger partial charge is 0.492 e. The fourth-order valence-corrected chi connectivity index (χ4v) is 3.82. The summed E-state index contributed by atoms with van der Waals surface area (Å²) in [5.74, 6) is 2.58. The van der Waals surface area contributed by atoms with Gasteiger partial charge in [-0.2, -0.15) is 4.98 Å². The second-order valence-corrected chi connectivity index (χ2v) is 7.01. The smallest absolute Gasteiger partial charge is 0.230 e. The molecule has 2 aromatic rings.